The maximum atomic E-state index is 11.1. The van der Waals surface area contributed by atoms with Gasteiger partial charge in [-0.15, -0.1) is 0 Å². The molecule has 0 aliphatic rings. The van der Waals surface area contributed by atoms with E-state index < -0.39 is 0 Å². The quantitative estimate of drug-likeness (QED) is 0.791. The predicted octanol–water partition coefficient (Wildman–Crippen LogP) is 2.06. The van der Waals surface area contributed by atoms with Crippen molar-refractivity contribution in [1.82, 2.24) is 5.32 Å². The van der Waals surface area contributed by atoms with Crippen molar-refractivity contribution in [3.63, 3.8) is 0 Å². The Balaban J connectivity index is 2.92. The van der Waals surface area contributed by atoms with Crippen molar-refractivity contribution in [2.24, 2.45) is 0 Å². The molecule has 0 aliphatic carbocycles. The lowest BCUT2D eigenvalue weighted by Gasteiger charge is -2.12. The highest BCUT2D eigenvalue weighted by atomic mass is 16.1. The summed E-state index contributed by atoms with van der Waals surface area (Å²) in [4.78, 5) is 11.1. The summed E-state index contributed by atoms with van der Waals surface area (Å²) in [6, 6.07) is 6.04. The average molecular weight is 206 g/mol. The number of aryl methyl sites for hydroxylation is 1. The largest absolute Gasteiger partial charge is 0.326 e. The molecule has 1 aromatic rings. The molecule has 3 heteroatoms. The number of hydrogen-bond acceptors (Lipinski definition) is 2. The summed E-state index contributed by atoms with van der Waals surface area (Å²) in [5.74, 6) is -0.0259. The standard InChI is InChI=1S/C12H18N2O/c1-4-13-8-11-7-5-6-9(2)12(11)14-10(3)15/h5-7,13H,4,8H2,1-3H3,(H,14,15). The summed E-state index contributed by atoms with van der Waals surface area (Å²) in [5, 5.41) is 6.13. The Morgan fingerprint density at radius 2 is 2.13 bits per heavy atom. The molecule has 0 aromatic heterocycles. The van der Waals surface area contributed by atoms with Gasteiger partial charge in [0.15, 0.2) is 0 Å². The fourth-order valence-electron chi connectivity index (χ4n) is 1.49. The van der Waals surface area contributed by atoms with E-state index in [9.17, 15) is 4.79 Å². The first kappa shape index (κ1) is 11.7. The van der Waals surface area contributed by atoms with Gasteiger partial charge in [0, 0.05) is 19.2 Å². The van der Waals surface area contributed by atoms with E-state index in [0.29, 0.717) is 0 Å². The molecule has 3 nitrogen and oxygen atoms in total. The van der Waals surface area contributed by atoms with Gasteiger partial charge in [0.25, 0.3) is 0 Å². The zero-order valence-corrected chi connectivity index (χ0v) is 9.55. The number of rotatable bonds is 4. The molecular weight excluding hydrogens is 188 g/mol. The van der Waals surface area contributed by atoms with Gasteiger partial charge in [-0.05, 0) is 24.6 Å². The van der Waals surface area contributed by atoms with E-state index in [1.807, 2.05) is 25.1 Å². The Hall–Kier alpha value is -1.35. The van der Waals surface area contributed by atoms with Crippen LogP contribution >= 0.6 is 0 Å². The summed E-state index contributed by atoms with van der Waals surface area (Å²) in [6.45, 7) is 7.30. The molecule has 1 aromatic carbocycles. The highest BCUT2D eigenvalue weighted by molar-refractivity contribution is 5.90. The van der Waals surface area contributed by atoms with Gasteiger partial charge >= 0.3 is 0 Å². The van der Waals surface area contributed by atoms with E-state index >= 15 is 0 Å². The number of amides is 1. The Morgan fingerprint density at radius 3 is 2.73 bits per heavy atom. The fraction of sp³-hybridized carbons (Fsp3) is 0.417. The number of benzene rings is 1. The van der Waals surface area contributed by atoms with Gasteiger partial charge in [0.05, 0.1) is 0 Å². The van der Waals surface area contributed by atoms with Crippen molar-refractivity contribution in [3.8, 4) is 0 Å². The first-order valence-electron chi connectivity index (χ1n) is 5.22. The molecule has 0 fully saturated rings. The van der Waals surface area contributed by atoms with Crippen LogP contribution in [0.5, 0.6) is 0 Å². The summed E-state index contributed by atoms with van der Waals surface area (Å²) < 4.78 is 0. The third kappa shape index (κ3) is 3.36. The highest BCUT2D eigenvalue weighted by Gasteiger charge is 2.05. The lowest BCUT2D eigenvalue weighted by molar-refractivity contribution is -0.114. The summed E-state index contributed by atoms with van der Waals surface area (Å²) in [5.41, 5.74) is 3.17. The molecule has 0 radical (unpaired) electrons. The van der Waals surface area contributed by atoms with Crippen LogP contribution in [0.15, 0.2) is 18.2 Å². The first-order chi connectivity index (χ1) is 7.15. The second-order valence-electron chi connectivity index (χ2n) is 3.57. The van der Waals surface area contributed by atoms with Crippen LogP contribution < -0.4 is 10.6 Å². The third-order valence-corrected chi connectivity index (χ3v) is 2.23. The lowest BCUT2D eigenvalue weighted by atomic mass is 10.1. The molecule has 82 valence electrons. The van der Waals surface area contributed by atoms with Gasteiger partial charge in [-0.2, -0.15) is 0 Å². The second-order valence-corrected chi connectivity index (χ2v) is 3.57. The molecule has 15 heavy (non-hydrogen) atoms. The molecule has 2 N–H and O–H groups in total. The fourth-order valence-corrected chi connectivity index (χ4v) is 1.49. The van der Waals surface area contributed by atoms with Crippen molar-refractivity contribution in [2.75, 3.05) is 11.9 Å². The van der Waals surface area contributed by atoms with Crippen LogP contribution in [-0.2, 0) is 11.3 Å². The SMILES string of the molecule is CCNCc1cccc(C)c1NC(C)=O. The summed E-state index contributed by atoms with van der Waals surface area (Å²) in [6.07, 6.45) is 0. The van der Waals surface area contributed by atoms with Gasteiger partial charge in [0.1, 0.15) is 0 Å². The van der Waals surface area contributed by atoms with Crippen molar-refractivity contribution in [3.05, 3.63) is 29.3 Å². The number of carbonyl (C=O) groups is 1. The third-order valence-electron chi connectivity index (χ3n) is 2.23. The molecule has 0 aliphatic heterocycles. The van der Waals surface area contributed by atoms with Crippen LogP contribution in [0.1, 0.15) is 25.0 Å². The van der Waals surface area contributed by atoms with E-state index in [0.717, 1.165) is 29.9 Å². The van der Waals surface area contributed by atoms with Crippen LogP contribution in [0.2, 0.25) is 0 Å². The van der Waals surface area contributed by atoms with E-state index in [1.54, 1.807) is 0 Å². The second kappa shape index (κ2) is 5.51. The summed E-state index contributed by atoms with van der Waals surface area (Å²) in [7, 11) is 0. The van der Waals surface area contributed by atoms with Crippen LogP contribution in [0.3, 0.4) is 0 Å². The molecule has 0 saturated carbocycles. The molecule has 0 spiro atoms. The van der Waals surface area contributed by atoms with E-state index in [-0.39, 0.29) is 5.91 Å². The van der Waals surface area contributed by atoms with Crippen LogP contribution in [0.4, 0.5) is 5.69 Å². The van der Waals surface area contributed by atoms with Crippen molar-refractivity contribution in [2.45, 2.75) is 27.3 Å². The zero-order chi connectivity index (χ0) is 11.3. The van der Waals surface area contributed by atoms with Crippen LogP contribution in [0.25, 0.3) is 0 Å². The molecule has 0 heterocycles. The minimum atomic E-state index is -0.0259. The molecule has 1 amide bonds. The predicted molar refractivity (Wildman–Crippen MR) is 62.9 cm³/mol. The number of hydrogen-bond donors (Lipinski definition) is 2. The normalized spacial score (nSPS) is 10.1. The van der Waals surface area contributed by atoms with E-state index in [2.05, 4.69) is 17.6 Å². The number of nitrogens with one attached hydrogen (secondary N) is 2. The number of para-hydroxylation sites is 1. The van der Waals surface area contributed by atoms with E-state index in [4.69, 9.17) is 0 Å². The minimum Gasteiger partial charge on any atom is -0.326 e. The molecule has 0 saturated heterocycles. The van der Waals surface area contributed by atoms with Crippen molar-refractivity contribution in [1.29, 1.82) is 0 Å². The maximum Gasteiger partial charge on any atom is 0.221 e. The lowest BCUT2D eigenvalue weighted by Crippen LogP contribution is -2.16. The number of carbonyl (C=O) groups excluding carboxylic acids is 1. The monoisotopic (exact) mass is 206 g/mol. The molecule has 0 atom stereocenters. The molecular formula is C12H18N2O. The molecule has 0 bridgehead atoms. The maximum absolute atomic E-state index is 11.1. The first-order valence-corrected chi connectivity index (χ1v) is 5.22. The van der Waals surface area contributed by atoms with Gasteiger partial charge in [-0.3, -0.25) is 4.79 Å². The van der Waals surface area contributed by atoms with Gasteiger partial charge < -0.3 is 10.6 Å². The Morgan fingerprint density at radius 1 is 1.40 bits per heavy atom. The van der Waals surface area contributed by atoms with Crippen molar-refractivity contribution < 1.29 is 4.79 Å². The molecule has 0 unspecified atom stereocenters. The Bertz CT molecular complexity index is 347. The summed E-state index contributed by atoms with van der Waals surface area (Å²) >= 11 is 0. The van der Waals surface area contributed by atoms with Crippen LogP contribution in [-0.4, -0.2) is 12.5 Å². The smallest absolute Gasteiger partial charge is 0.221 e. The van der Waals surface area contributed by atoms with E-state index in [1.165, 1.54) is 6.92 Å². The minimum absolute atomic E-state index is 0.0259. The van der Waals surface area contributed by atoms with Gasteiger partial charge in [-0.25, -0.2) is 0 Å². The Kier molecular flexibility index (Phi) is 4.31. The Labute approximate surface area is 90.9 Å². The molecule has 1 rings (SSSR count). The van der Waals surface area contributed by atoms with Crippen molar-refractivity contribution >= 4 is 11.6 Å². The van der Waals surface area contributed by atoms with Gasteiger partial charge in [-0.1, -0.05) is 25.1 Å². The van der Waals surface area contributed by atoms with Crippen LogP contribution in [0, 0.1) is 6.92 Å². The van der Waals surface area contributed by atoms with Gasteiger partial charge in [0.2, 0.25) is 5.91 Å². The zero-order valence-electron chi connectivity index (χ0n) is 9.55. The topological polar surface area (TPSA) is 41.1 Å². The number of anilines is 1. The highest BCUT2D eigenvalue weighted by Crippen LogP contribution is 2.20. The average Bonchev–Trinajstić information content (AvgIpc) is 2.18.